The predicted molar refractivity (Wildman–Crippen MR) is 112 cm³/mol. The van der Waals surface area contributed by atoms with Crippen LogP contribution in [0.2, 0.25) is 0 Å². The SMILES string of the molecule is Cc1sc2nc([C@@H](C)[NH2+][C@H](C)c3ccc(-n4ccnc4)cc3)[nH]c(=O)c2c1C. The number of imidazole rings is 1. The molecule has 0 fully saturated rings. The lowest BCUT2D eigenvalue weighted by molar-refractivity contribution is -0.729. The summed E-state index contributed by atoms with van der Waals surface area (Å²) in [5, 5.41) is 2.95. The minimum atomic E-state index is -0.0422. The first-order valence-corrected chi connectivity index (χ1v) is 10.2. The monoisotopic (exact) mass is 394 g/mol. The van der Waals surface area contributed by atoms with E-state index in [9.17, 15) is 4.79 Å². The molecule has 0 amide bonds. The quantitative estimate of drug-likeness (QED) is 0.546. The molecular weight excluding hydrogens is 370 g/mol. The van der Waals surface area contributed by atoms with Crippen molar-refractivity contribution >= 4 is 21.6 Å². The molecule has 0 aliphatic carbocycles. The lowest BCUT2D eigenvalue weighted by atomic mass is 10.1. The van der Waals surface area contributed by atoms with Gasteiger partial charge in [0.15, 0.2) is 5.82 Å². The third kappa shape index (κ3) is 3.39. The smallest absolute Gasteiger partial charge is 0.260 e. The highest BCUT2D eigenvalue weighted by Crippen LogP contribution is 2.26. The van der Waals surface area contributed by atoms with Crippen molar-refractivity contribution in [3.05, 3.63) is 75.2 Å². The van der Waals surface area contributed by atoms with Crippen LogP contribution in [-0.4, -0.2) is 19.5 Å². The summed E-state index contributed by atoms with van der Waals surface area (Å²) in [7, 11) is 0. The van der Waals surface area contributed by atoms with E-state index in [1.807, 2.05) is 24.6 Å². The molecule has 4 rings (SSSR count). The Morgan fingerprint density at radius 3 is 2.57 bits per heavy atom. The Balaban J connectivity index is 1.54. The van der Waals surface area contributed by atoms with Gasteiger partial charge in [-0.2, -0.15) is 0 Å². The number of benzene rings is 1. The van der Waals surface area contributed by atoms with Gasteiger partial charge in [0, 0.05) is 28.5 Å². The number of thiophene rings is 1. The van der Waals surface area contributed by atoms with E-state index in [2.05, 4.69) is 53.4 Å². The standard InChI is InChI=1S/C21H23N5OS/c1-12-15(4)28-21-18(12)20(27)24-19(25-21)14(3)23-13(2)16-5-7-17(8-6-16)26-10-9-22-11-26/h5-11,13-14,23H,1-4H3,(H,24,25,27)/p+1/t13-,14-/m1/s1. The molecular formula is C21H24N5OS+. The van der Waals surface area contributed by atoms with Gasteiger partial charge in [-0.05, 0) is 45.4 Å². The molecule has 0 bridgehead atoms. The van der Waals surface area contributed by atoms with Crippen LogP contribution in [-0.2, 0) is 0 Å². The zero-order valence-corrected chi connectivity index (χ0v) is 17.2. The van der Waals surface area contributed by atoms with Crippen molar-refractivity contribution < 1.29 is 5.32 Å². The van der Waals surface area contributed by atoms with Crippen molar-refractivity contribution in [3.63, 3.8) is 0 Å². The number of aryl methyl sites for hydroxylation is 2. The van der Waals surface area contributed by atoms with E-state index in [4.69, 9.17) is 4.98 Å². The Hall–Kier alpha value is -2.77. The maximum atomic E-state index is 12.5. The first-order chi connectivity index (χ1) is 13.4. The maximum Gasteiger partial charge on any atom is 0.260 e. The summed E-state index contributed by atoms with van der Waals surface area (Å²) in [5.41, 5.74) is 3.30. The fraction of sp³-hybridized carbons (Fsp3) is 0.286. The lowest BCUT2D eigenvalue weighted by Crippen LogP contribution is -2.85. The molecule has 0 aliphatic heterocycles. The van der Waals surface area contributed by atoms with Gasteiger partial charge in [0.25, 0.3) is 5.56 Å². The van der Waals surface area contributed by atoms with Crippen LogP contribution in [0.5, 0.6) is 0 Å². The second kappa shape index (κ2) is 7.33. The van der Waals surface area contributed by atoms with Gasteiger partial charge in [-0.3, -0.25) is 4.79 Å². The third-order valence-corrected chi connectivity index (χ3v) is 6.39. The highest BCUT2D eigenvalue weighted by Gasteiger charge is 2.20. The van der Waals surface area contributed by atoms with Gasteiger partial charge in [0.1, 0.15) is 16.9 Å². The number of fused-ring (bicyclic) bond motifs is 1. The summed E-state index contributed by atoms with van der Waals surface area (Å²) < 4.78 is 1.98. The minimum Gasteiger partial charge on any atom is -0.332 e. The van der Waals surface area contributed by atoms with Crippen LogP contribution in [0.1, 0.15) is 47.8 Å². The van der Waals surface area contributed by atoms with Crippen LogP contribution in [0.15, 0.2) is 47.8 Å². The number of aromatic amines is 1. The largest absolute Gasteiger partial charge is 0.332 e. The normalized spacial score (nSPS) is 13.7. The Morgan fingerprint density at radius 1 is 1.14 bits per heavy atom. The van der Waals surface area contributed by atoms with Gasteiger partial charge >= 0.3 is 0 Å². The fourth-order valence-corrected chi connectivity index (χ4v) is 4.52. The van der Waals surface area contributed by atoms with Gasteiger partial charge in [0.05, 0.1) is 11.7 Å². The number of hydrogen-bond acceptors (Lipinski definition) is 4. The second-order valence-corrected chi connectivity index (χ2v) is 8.45. The molecule has 1 aromatic carbocycles. The van der Waals surface area contributed by atoms with Gasteiger partial charge in [-0.25, -0.2) is 9.97 Å². The first kappa shape index (κ1) is 18.6. The molecule has 4 aromatic rings. The van der Waals surface area contributed by atoms with Crippen LogP contribution < -0.4 is 10.9 Å². The van der Waals surface area contributed by atoms with E-state index in [0.29, 0.717) is 0 Å². The molecule has 3 heterocycles. The van der Waals surface area contributed by atoms with Crippen molar-refractivity contribution in [2.45, 2.75) is 39.8 Å². The van der Waals surface area contributed by atoms with Crippen LogP contribution in [0.4, 0.5) is 0 Å². The molecule has 0 unspecified atom stereocenters. The number of nitrogens with one attached hydrogen (secondary N) is 1. The Morgan fingerprint density at radius 2 is 1.89 bits per heavy atom. The number of nitrogens with zero attached hydrogens (tertiary/aromatic N) is 3. The third-order valence-electron chi connectivity index (χ3n) is 5.29. The molecule has 2 atom stereocenters. The van der Waals surface area contributed by atoms with Crippen molar-refractivity contribution in [1.29, 1.82) is 0 Å². The number of hydrogen-bond donors (Lipinski definition) is 2. The molecule has 28 heavy (non-hydrogen) atoms. The molecule has 0 saturated heterocycles. The Labute approximate surface area is 167 Å². The molecule has 7 heteroatoms. The summed E-state index contributed by atoms with van der Waals surface area (Å²) in [5.74, 6) is 0.723. The molecule has 0 radical (unpaired) electrons. The number of quaternary nitrogens is 1. The van der Waals surface area contributed by atoms with Gasteiger partial charge in [-0.15, -0.1) is 11.3 Å². The molecule has 6 nitrogen and oxygen atoms in total. The zero-order valence-electron chi connectivity index (χ0n) is 16.4. The predicted octanol–water partition coefficient (Wildman–Crippen LogP) is 3.17. The fourth-order valence-electron chi connectivity index (χ4n) is 3.48. The van der Waals surface area contributed by atoms with E-state index in [-0.39, 0.29) is 17.6 Å². The van der Waals surface area contributed by atoms with E-state index in [1.165, 1.54) is 5.56 Å². The molecule has 3 N–H and O–H groups in total. The van der Waals surface area contributed by atoms with E-state index >= 15 is 0 Å². The van der Waals surface area contributed by atoms with E-state index in [1.54, 1.807) is 23.9 Å². The molecule has 0 spiro atoms. The average Bonchev–Trinajstić information content (AvgIpc) is 3.31. The van der Waals surface area contributed by atoms with E-state index < -0.39 is 0 Å². The van der Waals surface area contributed by atoms with Crippen LogP contribution in [0.3, 0.4) is 0 Å². The first-order valence-electron chi connectivity index (χ1n) is 9.37. The van der Waals surface area contributed by atoms with Crippen molar-refractivity contribution in [3.8, 4) is 5.69 Å². The maximum absolute atomic E-state index is 12.5. The summed E-state index contributed by atoms with van der Waals surface area (Å²) in [4.78, 5) is 26.3. The summed E-state index contributed by atoms with van der Waals surface area (Å²) in [6.45, 7) is 8.26. The van der Waals surface area contributed by atoms with E-state index in [0.717, 1.165) is 32.2 Å². The molecule has 0 aliphatic rings. The van der Waals surface area contributed by atoms with Crippen LogP contribution in [0.25, 0.3) is 15.9 Å². The number of nitrogens with two attached hydrogens (primary N) is 1. The highest BCUT2D eigenvalue weighted by atomic mass is 32.1. The summed E-state index contributed by atoms with van der Waals surface area (Å²) in [6, 6.07) is 8.73. The average molecular weight is 395 g/mol. The van der Waals surface area contributed by atoms with Gasteiger partial charge < -0.3 is 14.9 Å². The summed E-state index contributed by atoms with van der Waals surface area (Å²) >= 11 is 1.59. The van der Waals surface area contributed by atoms with Gasteiger partial charge in [0.2, 0.25) is 0 Å². The topological polar surface area (TPSA) is 80.2 Å². The van der Waals surface area contributed by atoms with Crippen molar-refractivity contribution in [1.82, 2.24) is 19.5 Å². The molecule has 0 saturated carbocycles. The number of rotatable bonds is 5. The van der Waals surface area contributed by atoms with Crippen molar-refractivity contribution in [2.24, 2.45) is 0 Å². The number of aromatic nitrogens is 4. The second-order valence-electron chi connectivity index (χ2n) is 7.25. The van der Waals surface area contributed by atoms with Crippen LogP contribution in [0, 0.1) is 13.8 Å². The molecule has 3 aromatic heterocycles. The summed E-state index contributed by atoms with van der Waals surface area (Å²) in [6.07, 6.45) is 5.49. The highest BCUT2D eigenvalue weighted by molar-refractivity contribution is 7.18. The molecule has 144 valence electrons. The number of H-pyrrole nitrogens is 1. The van der Waals surface area contributed by atoms with Crippen LogP contribution >= 0.6 is 11.3 Å². The minimum absolute atomic E-state index is 0.0422. The Kier molecular flexibility index (Phi) is 4.87. The lowest BCUT2D eigenvalue weighted by Gasteiger charge is -2.17. The Bertz CT molecular complexity index is 1160. The zero-order chi connectivity index (χ0) is 19.8. The van der Waals surface area contributed by atoms with Crippen molar-refractivity contribution in [2.75, 3.05) is 0 Å². The van der Waals surface area contributed by atoms with Gasteiger partial charge in [-0.1, -0.05) is 12.1 Å².